The summed E-state index contributed by atoms with van der Waals surface area (Å²) < 4.78 is 5.21. The van der Waals surface area contributed by atoms with Gasteiger partial charge in [-0.2, -0.15) is 0 Å². The highest BCUT2D eigenvalue weighted by Crippen LogP contribution is 2.32. The number of likely N-dealkylation sites (tertiary alicyclic amines) is 1. The number of nitrogens with one attached hydrogen (secondary N) is 2. The van der Waals surface area contributed by atoms with Gasteiger partial charge < -0.3 is 20.3 Å². The second kappa shape index (κ2) is 7.38. The van der Waals surface area contributed by atoms with Crippen molar-refractivity contribution >= 4 is 23.1 Å². The monoisotopic (exact) mass is 351 g/mol. The zero-order chi connectivity index (χ0) is 17.9. The van der Waals surface area contributed by atoms with Crippen molar-refractivity contribution in [3.8, 4) is 0 Å². The molecule has 0 saturated carbocycles. The van der Waals surface area contributed by atoms with Crippen LogP contribution in [0.3, 0.4) is 0 Å². The Morgan fingerprint density at radius 1 is 1.19 bits per heavy atom. The number of urea groups is 1. The molecular formula is C21H25N3O2. The zero-order valence-corrected chi connectivity index (χ0v) is 15.1. The van der Waals surface area contributed by atoms with Crippen molar-refractivity contribution in [1.29, 1.82) is 0 Å². The minimum absolute atomic E-state index is 0.0300. The van der Waals surface area contributed by atoms with Gasteiger partial charge in [-0.15, -0.1) is 0 Å². The van der Waals surface area contributed by atoms with Gasteiger partial charge in [-0.3, -0.25) is 0 Å². The summed E-state index contributed by atoms with van der Waals surface area (Å²) in [7, 11) is 1.71. The number of aryl methyl sites for hydroxylation is 2. The van der Waals surface area contributed by atoms with Crippen molar-refractivity contribution < 1.29 is 9.53 Å². The minimum atomic E-state index is -0.0300. The topological polar surface area (TPSA) is 53.6 Å². The van der Waals surface area contributed by atoms with Crippen LogP contribution >= 0.6 is 0 Å². The first-order chi connectivity index (χ1) is 12.7. The van der Waals surface area contributed by atoms with Gasteiger partial charge in [-0.25, -0.2) is 4.79 Å². The molecule has 2 aromatic rings. The summed E-state index contributed by atoms with van der Waals surface area (Å²) in [6.07, 6.45) is 3.03. The number of nitrogens with zero attached hydrogens (tertiary/aromatic N) is 1. The molecule has 136 valence electrons. The number of fused-ring (bicyclic) bond motifs is 2. The predicted molar refractivity (Wildman–Crippen MR) is 104 cm³/mol. The first-order valence-corrected chi connectivity index (χ1v) is 9.25. The largest absolute Gasteiger partial charge is 0.384 e. The van der Waals surface area contributed by atoms with Gasteiger partial charge in [0.05, 0.1) is 6.61 Å². The maximum Gasteiger partial charge on any atom is 0.321 e. The van der Waals surface area contributed by atoms with Crippen molar-refractivity contribution in [1.82, 2.24) is 4.90 Å². The van der Waals surface area contributed by atoms with Gasteiger partial charge in [0.2, 0.25) is 0 Å². The van der Waals surface area contributed by atoms with E-state index in [0.717, 1.165) is 49.4 Å². The molecule has 2 N–H and O–H groups in total. The van der Waals surface area contributed by atoms with Crippen LogP contribution in [0.15, 0.2) is 42.5 Å². The summed E-state index contributed by atoms with van der Waals surface area (Å²) in [5, 5.41) is 6.58. The Bertz CT molecular complexity index is 806. The molecule has 0 aromatic heterocycles. The quantitative estimate of drug-likeness (QED) is 0.878. The predicted octanol–water partition coefficient (Wildman–Crippen LogP) is 4.03. The van der Waals surface area contributed by atoms with Crippen molar-refractivity contribution in [2.45, 2.75) is 19.3 Å². The van der Waals surface area contributed by atoms with Gasteiger partial charge in [0.1, 0.15) is 0 Å². The molecule has 0 spiro atoms. The molecule has 2 heterocycles. The molecule has 2 aromatic carbocycles. The average Bonchev–Trinajstić information content (AvgIpc) is 3.03. The molecule has 0 radical (unpaired) electrons. The first kappa shape index (κ1) is 16.9. The molecule has 1 fully saturated rings. The van der Waals surface area contributed by atoms with Crippen LogP contribution in [0.25, 0.3) is 0 Å². The van der Waals surface area contributed by atoms with Crippen LogP contribution in [-0.2, 0) is 17.6 Å². The van der Waals surface area contributed by atoms with E-state index in [1.165, 1.54) is 11.1 Å². The number of benzene rings is 2. The van der Waals surface area contributed by atoms with Gasteiger partial charge in [-0.1, -0.05) is 24.3 Å². The Morgan fingerprint density at radius 2 is 2.00 bits per heavy atom. The van der Waals surface area contributed by atoms with Gasteiger partial charge >= 0.3 is 6.03 Å². The van der Waals surface area contributed by atoms with E-state index in [1.54, 1.807) is 7.11 Å². The highest BCUT2D eigenvalue weighted by Gasteiger charge is 2.26. The van der Waals surface area contributed by atoms with Crippen molar-refractivity contribution in [3.05, 3.63) is 53.6 Å². The average molecular weight is 351 g/mol. The lowest BCUT2D eigenvalue weighted by Crippen LogP contribution is -2.33. The molecule has 2 amide bonds. The zero-order valence-electron chi connectivity index (χ0n) is 15.1. The summed E-state index contributed by atoms with van der Waals surface area (Å²) in [5.41, 5.74) is 5.66. The fourth-order valence-corrected chi connectivity index (χ4v) is 3.85. The lowest BCUT2D eigenvalue weighted by molar-refractivity contribution is 0.154. The second-order valence-electron chi connectivity index (χ2n) is 7.14. The van der Waals surface area contributed by atoms with Crippen LogP contribution in [0.2, 0.25) is 0 Å². The number of amides is 2. The number of carbonyl (C=O) groups is 1. The van der Waals surface area contributed by atoms with Crippen LogP contribution in [0.4, 0.5) is 21.9 Å². The summed E-state index contributed by atoms with van der Waals surface area (Å²) in [6.45, 7) is 2.26. The van der Waals surface area contributed by atoms with E-state index < -0.39 is 0 Å². The Kier molecular flexibility index (Phi) is 4.80. The van der Waals surface area contributed by atoms with Crippen LogP contribution in [0.1, 0.15) is 17.5 Å². The van der Waals surface area contributed by atoms with Crippen molar-refractivity contribution in [2.24, 2.45) is 5.92 Å². The third-order valence-corrected chi connectivity index (χ3v) is 5.29. The SMILES string of the molecule is COC[C@H]1CCN(C(=O)Nc2ccc3c(c2)Nc2ccccc2CC3)C1. The smallest absolute Gasteiger partial charge is 0.321 e. The minimum Gasteiger partial charge on any atom is -0.384 e. The van der Waals surface area contributed by atoms with Crippen LogP contribution in [-0.4, -0.2) is 37.7 Å². The van der Waals surface area contributed by atoms with Crippen LogP contribution in [0, 0.1) is 5.92 Å². The number of carbonyl (C=O) groups excluding carboxylic acids is 1. The summed E-state index contributed by atoms with van der Waals surface area (Å²) in [4.78, 5) is 14.4. The Labute approximate surface area is 154 Å². The first-order valence-electron chi connectivity index (χ1n) is 9.25. The maximum absolute atomic E-state index is 12.6. The number of hydrogen-bond donors (Lipinski definition) is 2. The lowest BCUT2D eigenvalue weighted by Gasteiger charge is -2.18. The van der Waals surface area contributed by atoms with E-state index in [-0.39, 0.29) is 6.03 Å². The Balaban J connectivity index is 1.46. The van der Waals surface area contributed by atoms with Crippen LogP contribution in [0.5, 0.6) is 0 Å². The van der Waals surface area contributed by atoms with E-state index in [1.807, 2.05) is 23.1 Å². The molecule has 5 nitrogen and oxygen atoms in total. The van der Waals surface area contributed by atoms with E-state index >= 15 is 0 Å². The number of methoxy groups -OCH3 is 1. The van der Waals surface area contributed by atoms with Gasteiger partial charge in [0.15, 0.2) is 0 Å². The number of para-hydroxylation sites is 1. The summed E-state index contributed by atoms with van der Waals surface area (Å²) in [5.74, 6) is 0.441. The summed E-state index contributed by atoms with van der Waals surface area (Å²) >= 11 is 0. The molecule has 1 saturated heterocycles. The maximum atomic E-state index is 12.6. The van der Waals surface area contributed by atoms with Gasteiger partial charge in [0.25, 0.3) is 0 Å². The Hall–Kier alpha value is -2.53. The molecular weight excluding hydrogens is 326 g/mol. The van der Waals surface area contributed by atoms with E-state index in [0.29, 0.717) is 12.5 Å². The fraction of sp³-hybridized carbons (Fsp3) is 0.381. The van der Waals surface area contributed by atoms with E-state index in [4.69, 9.17) is 4.74 Å². The van der Waals surface area contributed by atoms with Crippen LogP contribution < -0.4 is 10.6 Å². The molecule has 26 heavy (non-hydrogen) atoms. The molecule has 0 unspecified atom stereocenters. The number of hydrogen-bond acceptors (Lipinski definition) is 3. The third kappa shape index (κ3) is 3.53. The molecule has 0 aliphatic carbocycles. The summed E-state index contributed by atoms with van der Waals surface area (Å²) in [6, 6.07) is 14.5. The highest BCUT2D eigenvalue weighted by molar-refractivity contribution is 5.90. The molecule has 4 rings (SSSR count). The molecule has 1 atom stereocenters. The number of rotatable bonds is 3. The van der Waals surface area contributed by atoms with E-state index in [2.05, 4.69) is 34.9 Å². The molecule has 0 bridgehead atoms. The van der Waals surface area contributed by atoms with E-state index in [9.17, 15) is 4.79 Å². The normalized spacial score (nSPS) is 18.5. The lowest BCUT2D eigenvalue weighted by atomic mass is 10.0. The highest BCUT2D eigenvalue weighted by atomic mass is 16.5. The standard InChI is InChI=1S/C21H25N3O2/c1-26-14-15-10-11-24(13-15)21(25)22-18-9-8-17-7-6-16-4-2-3-5-19(16)23-20(17)12-18/h2-5,8-9,12,15,23H,6-7,10-11,13-14H2,1H3,(H,22,25)/t15-/m0/s1. The molecule has 2 aliphatic heterocycles. The molecule has 5 heteroatoms. The third-order valence-electron chi connectivity index (χ3n) is 5.29. The van der Waals surface area contributed by atoms with Crippen molar-refractivity contribution in [3.63, 3.8) is 0 Å². The second-order valence-corrected chi connectivity index (χ2v) is 7.14. The molecule has 2 aliphatic rings. The number of anilines is 3. The number of ether oxygens (including phenoxy) is 1. The van der Waals surface area contributed by atoms with Crippen molar-refractivity contribution in [2.75, 3.05) is 37.4 Å². The van der Waals surface area contributed by atoms with Gasteiger partial charge in [-0.05, 0) is 48.6 Å². The van der Waals surface area contributed by atoms with Gasteiger partial charge in [0, 0.05) is 43.2 Å². The fourth-order valence-electron chi connectivity index (χ4n) is 3.85. The Morgan fingerprint density at radius 3 is 2.85 bits per heavy atom.